The summed E-state index contributed by atoms with van der Waals surface area (Å²) in [6.45, 7) is 9.00. The number of benzene rings is 5. The number of unbranched alkanes of at least 4 members (excludes halogenated alkanes) is 2. The molecule has 2 aliphatic rings. The maximum Gasteiger partial charge on any atom is 0.261 e. The van der Waals surface area contributed by atoms with E-state index in [2.05, 4.69) is 39.8 Å². The van der Waals surface area contributed by atoms with E-state index in [1.165, 1.54) is 9.80 Å². The molecule has 4 amide bonds. The zero-order valence-electron chi connectivity index (χ0n) is 29.1. The minimum absolute atomic E-state index is 0.139. The molecular formula is C42H40N4O4. The van der Waals surface area contributed by atoms with Crippen LogP contribution in [0.5, 0.6) is 0 Å². The van der Waals surface area contributed by atoms with Gasteiger partial charge >= 0.3 is 0 Å². The van der Waals surface area contributed by atoms with Gasteiger partial charge in [-0.1, -0.05) is 78.4 Å². The Hall–Kier alpha value is -5.34. The highest BCUT2D eigenvalue weighted by Crippen LogP contribution is 2.48. The standard InChI is InChI=1S/C42H40N4O4/c1-5-9-11-23(7-3)21-45-39(47)29-15-13-27-33-25(19-43)17-31-37-32(42(50)46(41(31)49)22-24(8-4)12-10-6-2)18-26(20-44)34(38(33)37)28-14-16-30(40(45)48)36(29)35(27)28/h13-18,23-24H,5-12,21-22H2,1-4H3. The highest BCUT2D eigenvalue weighted by atomic mass is 16.2. The van der Waals surface area contributed by atoms with E-state index in [1.54, 1.807) is 24.3 Å². The average molecular weight is 665 g/mol. The Balaban J connectivity index is 1.49. The molecule has 8 nitrogen and oxygen atoms in total. The molecule has 0 aromatic heterocycles. The molecule has 0 radical (unpaired) electrons. The van der Waals surface area contributed by atoms with E-state index in [1.807, 2.05) is 12.1 Å². The molecule has 2 atom stereocenters. The number of rotatable bonds is 12. The van der Waals surface area contributed by atoms with Crippen molar-refractivity contribution >= 4 is 66.7 Å². The lowest BCUT2D eigenvalue weighted by Crippen LogP contribution is -2.43. The second-order valence-electron chi connectivity index (χ2n) is 14.0. The third kappa shape index (κ3) is 4.76. The molecule has 0 fully saturated rings. The molecule has 2 aliphatic heterocycles. The number of imide groups is 2. The van der Waals surface area contributed by atoms with Gasteiger partial charge in [-0.05, 0) is 65.1 Å². The third-order valence-electron chi connectivity index (χ3n) is 11.2. The molecule has 0 bridgehead atoms. The van der Waals surface area contributed by atoms with E-state index in [0.29, 0.717) is 60.8 Å². The summed E-state index contributed by atoms with van der Waals surface area (Å²) >= 11 is 0. The molecule has 0 saturated heterocycles. The van der Waals surface area contributed by atoms with Crippen molar-refractivity contribution in [3.8, 4) is 12.1 Å². The van der Waals surface area contributed by atoms with Crippen LogP contribution >= 0.6 is 0 Å². The predicted octanol–water partition coefficient (Wildman–Crippen LogP) is 9.11. The van der Waals surface area contributed by atoms with E-state index in [9.17, 15) is 29.7 Å². The lowest BCUT2D eigenvalue weighted by Gasteiger charge is -2.32. The Kier molecular flexibility index (Phi) is 8.52. The Morgan fingerprint density at radius 2 is 0.940 bits per heavy atom. The molecular weight excluding hydrogens is 624 g/mol. The van der Waals surface area contributed by atoms with Crippen LogP contribution in [0.2, 0.25) is 0 Å². The molecule has 7 rings (SSSR count). The molecule has 252 valence electrons. The summed E-state index contributed by atoms with van der Waals surface area (Å²) in [5.41, 5.74) is 1.83. The van der Waals surface area contributed by atoms with Gasteiger partial charge in [-0.2, -0.15) is 10.5 Å². The molecule has 2 heterocycles. The molecule has 8 heteroatoms. The number of nitrogens with zero attached hydrogens (tertiary/aromatic N) is 4. The molecule has 0 spiro atoms. The average Bonchev–Trinajstić information content (AvgIpc) is 3.14. The predicted molar refractivity (Wildman–Crippen MR) is 194 cm³/mol. The van der Waals surface area contributed by atoms with Gasteiger partial charge < -0.3 is 0 Å². The van der Waals surface area contributed by atoms with E-state index in [-0.39, 0.29) is 52.4 Å². The SMILES string of the molecule is CCCCC(CC)CN1C(=O)c2ccc3c4c(C#N)cc5c6c(cc(C#N)c(c7ccc(c2c37)C1=O)c64)C(=O)N(CC(CC)CCCC)C5=O. The fraction of sp³-hybridized carbons (Fsp3) is 0.381. The maximum absolute atomic E-state index is 14.2. The Morgan fingerprint density at radius 1 is 0.540 bits per heavy atom. The van der Waals surface area contributed by atoms with Gasteiger partial charge in [0.15, 0.2) is 0 Å². The van der Waals surface area contributed by atoms with Gasteiger partial charge in [0.25, 0.3) is 23.6 Å². The van der Waals surface area contributed by atoms with Crippen LogP contribution in [-0.2, 0) is 0 Å². The van der Waals surface area contributed by atoms with Crippen LogP contribution in [0.25, 0.3) is 43.1 Å². The fourth-order valence-corrected chi connectivity index (χ4v) is 8.43. The van der Waals surface area contributed by atoms with Crippen molar-refractivity contribution in [3.05, 3.63) is 69.8 Å². The van der Waals surface area contributed by atoms with Crippen molar-refractivity contribution in [2.75, 3.05) is 13.1 Å². The van der Waals surface area contributed by atoms with Crippen molar-refractivity contribution in [3.63, 3.8) is 0 Å². The number of nitriles is 2. The smallest absolute Gasteiger partial charge is 0.261 e. The van der Waals surface area contributed by atoms with Gasteiger partial charge in [0.1, 0.15) is 0 Å². The van der Waals surface area contributed by atoms with Crippen LogP contribution in [0.15, 0.2) is 36.4 Å². The van der Waals surface area contributed by atoms with Crippen molar-refractivity contribution in [1.29, 1.82) is 10.5 Å². The second-order valence-corrected chi connectivity index (χ2v) is 14.0. The number of carbonyl (C=O) groups excluding carboxylic acids is 4. The lowest BCUT2D eigenvalue weighted by atomic mass is 9.79. The Labute approximate surface area is 291 Å². The topological polar surface area (TPSA) is 122 Å². The van der Waals surface area contributed by atoms with E-state index in [4.69, 9.17) is 0 Å². The van der Waals surface area contributed by atoms with E-state index in [0.717, 1.165) is 51.4 Å². The van der Waals surface area contributed by atoms with Gasteiger partial charge in [0, 0.05) is 51.1 Å². The number of fused-ring (bicyclic) bond motifs is 2. The summed E-state index contributed by atoms with van der Waals surface area (Å²) in [5, 5.41) is 25.5. The summed E-state index contributed by atoms with van der Waals surface area (Å²) in [6.07, 6.45) is 7.57. The monoisotopic (exact) mass is 664 g/mol. The van der Waals surface area contributed by atoms with Crippen LogP contribution in [-0.4, -0.2) is 46.5 Å². The van der Waals surface area contributed by atoms with E-state index >= 15 is 0 Å². The molecule has 0 saturated carbocycles. The highest BCUT2D eigenvalue weighted by molar-refractivity contribution is 6.42. The summed E-state index contributed by atoms with van der Waals surface area (Å²) in [5.74, 6) is -1.23. The molecule has 50 heavy (non-hydrogen) atoms. The number of carbonyl (C=O) groups is 4. The first kappa shape index (κ1) is 33.2. The molecule has 0 aliphatic carbocycles. The van der Waals surface area contributed by atoms with Gasteiger partial charge in [-0.15, -0.1) is 0 Å². The van der Waals surface area contributed by atoms with Crippen LogP contribution in [0.1, 0.15) is 132 Å². The number of hydrogen-bond acceptors (Lipinski definition) is 6. The lowest BCUT2D eigenvalue weighted by molar-refractivity contribution is 0.0565. The number of amides is 4. The minimum atomic E-state index is -0.437. The molecule has 5 aromatic carbocycles. The molecule has 0 N–H and O–H groups in total. The number of hydrogen-bond donors (Lipinski definition) is 0. The second kappa shape index (κ2) is 12.8. The van der Waals surface area contributed by atoms with Crippen molar-refractivity contribution in [2.45, 2.75) is 79.1 Å². The Bertz CT molecular complexity index is 2220. The van der Waals surface area contributed by atoms with Crippen LogP contribution in [0.3, 0.4) is 0 Å². The molecule has 5 aromatic rings. The van der Waals surface area contributed by atoms with Crippen molar-refractivity contribution in [1.82, 2.24) is 9.80 Å². The van der Waals surface area contributed by atoms with E-state index < -0.39 is 11.8 Å². The van der Waals surface area contributed by atoms with Gasteiger partial charge in [0.05, 0.1) is 34.4 Å². The quantitative estimate of drug-likeness (QED) is 0.0745. The minimum Gasteiger partial charge on any atom is -0.274 e. The van der Waals surface area contributed by atoms with Gasteiger partial charge in [-0.3, -0.25) is 29.0 Å². The first-order valence-corrected chi connectivity index (χ1v) is 18.0. The first-order chi connectivity index (χ1) is 24.2. The summed E-state index contributed by atoms with van der Waals surface area (Å²) in [4.78, 5) is 59.1. The van der Waals surface area contributed by atoms with Crippen LogP contribution < -0.4 is 0 Å². The van der Waals surface area contributed by atoms with Crippen molar-refractivity contribution < 1.29 is 19.2 Å². The molecule has 2 unspecified atom stereocenters. The van der Waals surface area contributed by atoms with Crippen LogP contribution in [0.4, 0.5) is 0 Å². The zero-order valence-corrected chi connectivity index (χ0v) is 29.1. The van der Waals surface area contributed by atoms with Crippen LogP contribution in [0, 0.1) is 34.5 Å². The normalized spacial score (nSPS) is 15.5. The summed E-state index contributed by atoms with van der Waals surface area (Å²) in [6, 6.07) is 14.8. The highest BCUT2D eigenvalue weighted by Gasteiger charge is 2.39. The van der Waals surface area contributed by atoms with Gasteiger partial charge in [0.2, 0.25) is 0 Å². The third-order valence-corrected chi connectivity index (χ3v) is 11.2. The Morgan fingerprint density at radius 3 is 1.32 bits per heavy atom. The van der Waals surface area contributed by atoms with Crippen molar-refractivity contribution in [2.24, 2.45) is 11.8 Å². The summed E-state index contributed by atoms with van der Waals surface area (Å²) < 4.78 is 0. The van der Waals surface area contributed by atoms with Gasteiger partial charge in [-0.25, -0.2) is 0 Å². The largest absolute Gasteiger partial charge is 0.274 e. The fourth-order valence-electron chi connectivity index (χ4n) is 8.43. The zero-order chi connectivity index (χ0) is 35.4. The first-order valence-electron chi connectivity index (χ1n) is 18.0. The maximum atomic E-state index is 14.2. The summed E-state index contributed by atoms with van der Waals surface area (Å²) in [7, 11) is 0.